The van der Waals surface area contributed by atoms with E-state index >= 15 is 0 Å². The molecule has 6 aromatic carbocycles. The zero-order valence-corrected chi connectivity index (χ0v) is 39.6. The molecule has 0 unspecified atom stereocenters. The number of halogens is 6. The second-order valence-electron chi connectivity index (χ2n) is 11.4. The molecule has 0 bridgehead atoms. The van der Waals surface area contributed by atoms with Crippen LogP contribution in [0.4, 0.5) is 0 Å². The molecule has 18 heteroatoms. The Labute approximate surface area is 364 Å². The Bertz CT molecular complexity index is 2040. The summed E-state index contributed by atoms with van der Waals surface area (Å²) in [5.41, 5.74) is 0. The first-order chi connectivity index (χ1) is 25.9. The van der Waals surface area contributed by atoms with E-state index < -0.39 is 15.2 Å². The van der Waals surface area contributed by atoms with E-state index in [-0.39, 0.29) is 8.52 Å². The van der Waals surface area contributed by atoms with Crippen LogP contribution in [-0.2, 0) is 0 Å². The van der Waals surface area contributed by atoms with Crippen LogP contribution in [0, 0.1) is 0 Å². The van der Waals surface area contributed by atoms with Gasteiger partial charge in [0, 0.05) is 0 Å². The van der Waals surface area contributed by atoms with Gasteiger partial charge in [-0.25, -0.2) is 0 Å². The standard InChI is InChI=1S/C36H26Br6N3O6P3/c37-25-1-13-31(14-2-25)46-53(47-32-15-3-26(38)4-16-32,48-33-17-5-27(39)6-18-33)43-52-44-54(45-53,49-34-19-7-28(40)8-20-34,50-35-21-9-29(41)10-22-35)51-36-23-11-30(42)12-24-36/h1-24,45H,(H,43,44). The molecule has 7 rings (SSSR count). The average Bonchev–Trinajstić information content (AvgIpc) is 3.14. The number of benzene rings is 6. The number of hydrogen-bond acceptors (Lipinski definition) is 9. The molecule has 1 heterocycles. The van der Waals surface area contributed by atoms with Crippen LogP contribution >= 0.6 is 119 Å². The van der Waals surface area contributed by atoms with Crippen molar-refractivity contribution in [1.29, 1.82) is 0 Å². The van der Waals surface area contributed by atoms with Crippen molar-refractivity contribution in [3.63, 3.8) is 0 Å². The second kappa shape index (κ2) is 16.4. The van der Waals surface area contributed by atoms with Crippen molar-refractivity contribution < 1.29 is 27.1 Å². The quantitative estimate of drug-likeness (QED) is 0.117. The molecule has 0 radical (unpaired) electrons. The number of nitrogens with one attached hydrogen (secondary N) is 2. The first-order valence-corrected chi connectivity index (χ1v) is 25.2. The van der Waals surface area contributed by atoms with Crippen LogP contribution in [0.15, 0.2) is 177 Å². The molecule has 2 N–H and O–H groups in total. The van der Waals surface area contributed by atoms with Crippen LogP contribution in [0.1, 0.15) is 0 Å². The van der Waals surface area contributed by atoms with Crippen LogP contribution < -0.4 is 36.9 Å². The van der Waals surface area contributed by atoms with Crippen LogP contribution in [0.5, 0.6) is 34.5 Å². The molecule has 1 aliphatic rings. The molecule has 1 aliphatic heterocycles. The molecule has 278 valence electrons. The molecular formula is C36H26Br6N3O6P3. The summed E-state index contributed by atoms with van der Waals surface area (Å²) in [6.07, 6.45) is 0. The van der Waals surface area contributed by atoms with Gasteiger partial charge in [0.1, 0.15) is 0 Å². The van der Waals surface area contributed by atoms with Crippen molar-refractivity contribution in [2.24, 2.45) is 4.52 Å². The van der Waals surface area contributed by atoms with Gasteiger partial charge in [0.15, 0.2) is 0 Å². The minimum absolute atomic E-state index is 0.165. The first kappa shape index (κ1) is 40.1. The van der Waals surface area contributed by atoms with E-state index in [2.05, 4.69) is 105 Å². The van der Waals surface area contributed by atoms with E-state index in [1.165, 1.54) is 0 Å². The van der Waals surface area contributed by atoms with Crippen molar-refractivity contribution in [3.05, 3.63) is 172 Å². The third-order valence-electron chi connectivity index (χ3n) is 7.25. The summed E-state index contributed by atoms with van der Waals surface area (Å²) in [7, 11) is -10.4. The fraction of sp³-hybridized carbons (Fsp3) is 0. The Morgan fingerprint density at radius 3 is 0.815 bits per heavy atom. The van der Waals surface area contributed by atoms with E-state index in [9.17, 15) is 0 Å². The van der Waals surface area contributed by atoms with Gasteiger partial charge in [-0.1, -0.05) is 0 Å². The van der Waals surface area contributed by atoms with Crippen LogP contribution in [0.2, 0.25) is 0 Å². The summed E-state index contributed by atoms with van der Waals surface area (Å²) in [4.78, 5) is 6.95. The predicted octanol–water partition coefficient (Wildman–Crippen LogP) is 15.5. The molecule has 0 aliphatic carbocycles. The predicted molar refractivity (Wildman–Crippen MR) is 238 cm³/mol. The zero-order valence-electron chi connectivity index (χ0n) is 27.4. The Balaban J connectivity index is 1.54. The summed E-state index contributed by atoms with van der Waals surface area (Å²) in [5, 5.41) is 0. The third kappa shape index (κ3) is 9.52. The SMILES string of the molecule is Brc1ccc(OP2(Oc3ccc(Br)cc3)(Oc3ccc(Br)cc3)N=PNP(Oc3ccc(Br)cc3)(Oc3ccc(Br)cc3)(Oc3ccc(Br)cc3)N2)cc1. The van der Waals surface area contributed by atoms with Crippen LogP contribution in [0.3, 0.4) is 0 Å². The maximum absolute atomic E-state index is 7.13. The van der Waals surface area contributed by atoms with Crippen molar-refractivity contribution in [2.45, 2.75) is 0 Å². The monoisotopic (exact) mass is 1160 g/mol. The molecule has 0 saturated carbocycles. The minimum atomic E-state index is -5.34. The van der Waals surface area contributed by atoms with E-state index in [1.807, 2.05) is 72.8 Å². The van der Waals surface area contributed by atoms with Gasteiger partial charge in [0.05, 0.1) is 0 Å². The topological polar surface area (TPSA) is 91.8 Å². The van der Waals surface area contributed by atoms with Gasteiger partial charge in [-0.05, 0) is 0 Å². The van der Waals surface area contributed by atoms with Crippen LogP contribution in [-0.4, -0.2) is 0 Å². The van der Waals surface area contributed by atoms with Gasteiger partial charge < -0.3 is 0 Å². The van der Waals surface area contributed by atoms with Crippen molar-refractivity contribution in [1.82, 2.24) is 9.72 Å². The summed E-state index contributed by atoms with van der Waals surface area (Å²) < 4.78 is 52.8. The van der Waals surface area contributed by atoms with Gasteiger partial charge in [-0.15, -0.1) is 0 Å². The fourth-order valence-electron chi connectivity index (χ4n) is 4.96. The Morgan fingerprint density at radius 2 is 0.574 bits per heavy atom. The van der Waals surface area contributed by atoms with Crippen molar-refractivity contribution in [2.75, 3.05) is 0 Å². The van der Waals surface area contributed by atoms with Gasteiger partial charge in [-0.2, -0.15) is 0 Å². The first-order valence-electron chi connectivity index (χ1n) is 15.7. The molecule has 0 amide bonds. The van der Waals surface area contributed by atoms with Crippen molar-refractivity contribution >= 4 is 119 Å². The molecular weight excluding hydrogens is 1140 g/mol. The van der Waals surface area contributed by atoms with Gasteiger partial charge in [-0.3, -0.25) is 0 Å². The number of nitrogens with zero attached hydrogens (tertiary/aromatic N) is 1. The van der Waals surface area contributed by atoms with Gasteiger partial charge in [0.2, 0.25) is 0 Å². The maximum atomic E-state index is 7.13. The summed E-state index contributed by atoms with van der Waals surface area (Å²) in [6, 6.07) is 43.6. The van der Waals surface area contributed by atoms with Gasteiger partial charge in [0.25, 0.3) is 0 Å². The van der Waals surface area contributed by atoms with E-state index in [1.54, 1.807) is 72.8 Å². The third-order valence-corrected chi connectivity index (χ3v) is 19.7. The van der Waals surface area contributed by atoms with Gasteiger partial charge >= 0.3 is 368 Å². The Kier molecular flexibility index (Phi) is 12.2. The Morgan fingerprint density at radius 1 is 0.352 bits per heavy atom. The molecule has 6 aromatic rings. The average molecular weight is 1170 g/mol. The fourth-order valence-corrected chi connectivity index (χ4v) is 16.8. The van der Waals surface area contributed by atoms with Crippen LogP contribution in [0.25, 0.3) is 0 Å². The molecule has 0 aromatic heterocycles. The second-order valence-corrected chi connectivity index (χ2v) is 23.9. The normalized spacial score (nSPS) is 18.0. The number of hydrogen-bond donors (Lipinski definition) is 2. The molecule has 54 heavy (non-hydrogen) atoms. The molecule has 0 fully saturated rings. The van der Waals surface area contributed by atoms with E-state index in [0.717, 1.165) is 26.8 Å². The molecule has 0 saturated heterocycles. The summed E-state index contributed by atoms with van der Waals surface area (Å²) in [5.74, 6) is 2.25. The molecule has 9 nitrogen and oxygen atoms in total. The summed E-state index contributed by atoms with van der Waals surface area (Å²) >= 11 is 21.3. The van der Waals surface area contributed by atoms with Crippen molar-refractivity contribution in [3.8, 4) is 34.5 Å². The van der Waals surface area contributed by atoms with E-state index in [4.69, 9.17) is 31.7 Å². The summed E-state index contributed by atoms with van der Waals surface area (Å²) in [6.45, 7) is 0. The Hall–Kier alpha value is -2.12. The molecule has 0 atom stereocenters. The van der Waals surface area contributed by atoms with E-state index in [0.29, 0.717) is 34.5 Å². The zero-order chi connectivity index (χ0) is 37.9. The molecule has 0 spiro atoms. The number of rotatable bonds is 12.